The average molecular weight is 953 g/mol. The number of Topliss-reactive ketones (excluding diaryl/α,β-unsaturated/α-hetero) is 3. The molecule has 68 heavy (non-hydrogen) atoms. The average Bonchev–Trinajstić information content (AvgIpc) is 3.55. The highest BCUT2D eigenvalue weighted by molar-refractivity contribution is 6.34. The van der Waals surface area contributed by atoms with Crippen LogP contribution in [-0.2, 0) is 23.8 Å². The maximum atomic E-state index is 15.3. The number of aliphatic hydroxyl groups excluding tert-OH is 2. The molecule has 9 unspecified atom stereocenters. The van der Waals surface area contributed by atoms with Gasteiger partial charge in [-0.25, -0.2) is 4.79 Å². The Hall–Kier alpha value is -6.39. The van der Waals surface area contributed by atoms with Gasteiger partial charge in [0.1, 0.15) is 29.0 Å². The number of aliphatic hydroxyl groups is 2. The molecule has 0 fully saturated rings. The molecule has 3 aromatic rings. The maximum Gasteiger partial charge on any atom is 0.345 e. The summed E-state index contributed by atoms with van der Waals surface area (Å²) in [5.41, 5.74) is -0.245. The molecule has 1 aliphatic carbocycles. The summed E-state index contributed by atoms with van der Waals surface area (Å²) in [4.78, 5) is 85.9. The van der Waals surface area contributed by atoms with Crippen molar-refractivity contribution in [2.24, 2.45) is 23.7 Å². The van der Waals surface area contributed by atoms with Crippen LogP contribution in [0.4, 0.5) is 5.69 Å². The van der Waals surface area contributed by atoms with Crippen LogP contribution < -0.4 is 20.1 Å². The zero-order chi connectivity index (χ0) is 50.1. The van der Waals surface area contributed by atoms with Crippen LogP contribution in [0.15, 0.2) is 90.0 Å². The Kier molecular flexibility index (Phi) is 15.3. The van der Waals surface area contributed by atoms with E-state index in [1.165, 1.54) is 59.1 Å². The third-order valence-corrected chi connectivity index (χ3v) is 13.0. The number of esters is 2. The molecule has 16 heteroatoms. The molecule has 0 radical (unpaired) electrons. The minimum atomic E-state index is -2.20. The van der Waals surface area contributed by atoms with Crippen molar-refractivity contribution in [3.63, 3.8) is 0 Å². The summed E-state index contributed by atoms with van der Waals surface area (Å²) in [6, 6.07) is 11.4. The molecule has 0 spiro atoms. The van der Waals surface area contributed by atoms with Crippen LogP contribution in [-0.4, -0.2) is 82.7 Å². The predicted octanol–water partition coefficient (Wildman–Crippen LogP) is 7.85. The normalized spacial score (nSPS) is 26.7. The van der Waals surface area contributed by atoms with Crippen LogP contribution in [0.2, 0.25) is 5.02 Å². The van der Waals surface area contributed by atoms with Crippen molar-refractivity contribution in [3.05, 3.63) is 134 Å². The van der Waals surface area contributed by atoms with Gasteiger partial charge < -0.3 is 44.5 Å². The molecule has 4 N–H and O–H groups in total. The number of nitrogens with one attached hydrogen (secondary N) is 2. The van der Waals surface area contributed by atoms with Gasteiger partial charge in [-0.2, -0.15) is 0 Å². The fourth-order valence-electron chi connectivity index (χ4n) is 8.89. The van der Waals surface area contributed by atoms with Crippen molar-refractivity contribution in [3.8, 4) is 11.5 Å². The molecule has 5 bridgehead atoms. The van der Waals surface area contributed by atoms with Crippen LogP contribution in [0.25, 0.3) is 0 Å². The molecule has 1 amide bonds. The molecule has 0 aromatic heterocycles. The quantitative estimate of drug-likeness (QED) is 0.137. The lowest BCUT2D eigenvalue weighted by Gasteiger charge is -2.38. The van der Waals surface area contributed by atoms with E-state index in [2.05, 4.69) is 10.6 Å². The van der Waals surface area contributed by atoms with Gasteiger partial charge in [-0.15, -0.1) is 0 Å². The number of halogens is 1. The SMILES string of the molecule is COC1C=COC2(C)Oc3c(C)c(OC(=O)c4ccccc4Cl)c4c(c3C2=O)C(=O)C(Nc2cc(C)cc(C)c2)=C(NC(=O)C(C)=CC=CC(C)C(O)C(C)C(O)C(C)C(OC(C)=O)C1C)C4=O. The molecular formula is C52H57ClN2O13. The molecule has 15 nitrogen and oxygen atoms in total. The molecular weight excluding hydrogens is 896 g/mol. The number of hydrogen-bond acceptors (Lipinski definition) is 14. The Balaban J connectivity index is 1.59. The second kappa shape index (κ2) is 20.5. The zero-order valence-corrected chi connectivity index (χ0v) is 40.6. The van der Waals surface area contributed by atoms with E-state index in [0.717, 1.165) is 17.4 Å². The standard InChI is InChI=1S/C52H57ClN2O13/c1-24-21-25(2)23-33(22-24)54-40-41-45(60)38-37(44(40)59)39-48(31(8)47(38)67-51(63)34-17-12-13-18-35(34)53)68-52(10,49(39)61)65-20-19-36(64-11)28(5)46(66-32(9)56)30(7)43(58)29(6)42(57)26(3)15-14-16-27(4)50(62)55-41/h12-23,26,28-30,36,42-43,46,54,57-58H,1-11H3,(H,55,62). The Morgan fingerprint density at radius 3 is 2.15 bits per heavy atom. The van der Waals surface area contributed by atoms with E-state index in [4.69, 9.17) is 35.3 Å². The van der Waals surface area contributed by atoms with E-state index in [9.17, 15) is 29.4 Å². The summed E-state index contributed by atoms with van der Waals surface area (Å²) in [6.07, 6.45) is 3.14. The fourth-order valence-corrected chi connectivity index (χ4v) is 9.10. The first-order valence-electron chi connectivity index (χ1n) is 22.2. The third-order valence-electron chi connectivity index (χ3n) is 12.7. The van der Waals surface area contributed by atoms with E-state index < -0.39 is 117 Å². The largest absolute Gasteiger partial charge is 0.462 e. The lowest BCUT2D eigenvalue weighted by atomic mass is 9.78. The van der Waals surface area contributed by atoms with Crippen molar-refractivity contribution in [2.75, 3.05) is 12.4 Å². The summed E-state index contributed by atoms with van der Waals surface area (Å²) in [6.45, 7) is 16.0. The minimum Gasteiger partial charge on any atom is -0.462 e. The Bertz CT molecular complexity index is 2680. The number of benzene rings is 3. The van der Waals surface area contributed by atoms with Crippen LogP contribution in [0, 0.1) is 44.4 Å². The summed E-state index contributed by atoms with van der Waals surface area (Å²) in [7, 11) is 1.41. The molecule has 360 valence electrons. The van der Waals surface area contributed by atoms with E-state index in [-0.39, 0.29) is 33.0 Å². The summed E-state index contributed by atoms with van der Waals surface area (Å²) in [5.74, 6) is -10.7. The summed E-state index contributed by atoms with van der Waals surface area (Å²) < 4.78 is 29.9. The number of methoxy groups -OCH3 is 1. The van der Waals surface area contributed by atoms with E-state index in [1.54, 1.807) is 64.1 Å². The number of ether oxygens (including phenoxy) is 5. The van der Waals surface area contributed by atoms with Crippen LogP contribution in [0.1, 0.15) is 107 Å². The molecule has 4 aliphatic rings. The summed E-state index contributed by atoms with van der Waals surface area (Å²) >= 11 is 6.40. The smallest absolute Gasteiger partial charge is 0.345 e. The highest BCUT2D eigenvalue weighted by atomic mass is 35.5. The number of carbonyl (C=O) groups is 6. The van der Waals surface area contributed by atoms with Crippen molar-refractivity contribution in [1.29, 1.82) is 0 Å². The van der Waals surface area contributed by atoms with Crippen LogP contribution >= 0.6 is 11.6 Å². The zero-order valence-electron chi connectivity index (χ0n) is 39.8. The van der Waals surface area contributed by atoms with Gasteiger partial charge in [0.15, 0.2) is 0 Å². The molecule has 3 heterocycles. The molecule has 0 saturated heterocycles. The predicted molar refractivity (Wildman–Crippen MR) is 252 cm³/mol. The van der Waals surface area contributed by atoms with Gasteiger partial charge in [0.2, 0.25) is 11.6 Å². The molecule has 3 aromatic carbocycles. The number of hydrogen-bond donors (Lipinski definition) is 4. The van der Waals surface area contributed by atoms with E-state index >= 15 is 9.59 Å². The highest BCUT2D eigenvalue weighted by Gasteiger charge is 2.53. The lowest BCUT2D eigenvalue weighted by Crippen LogP contribution is -2.46. The second-order valence-corrected chi connectivity index (χ2v) is 18.3. The fraction of sp³-hybridized carbons (Fsp3) is 0.385. The van der Waals surface area contributed by atoms with E-state index in [1.807, 2.05) is 19.9 Å². The van der Waals surface area contributed by atoms with Gasteiger partial charge in [0.25, 0.3) is 11.7 Å². The highest BCUT2D eigenvalue weighted by Crippen LogP contribution is 2.49. The van der Waals surface area contributed by atoms with Crippen molar-refractivity contribution >= 4 is 52.5 Å². The van der Waals surface area contributed by atoms with E-state index in [0.29, 0.717) is 5.69 Å². The molecule has 9 atom stereocenters. The van der Waals surface area contributed by atoms with Gasteiger partial charge in [-0.05, 0) is 69.2 Å². The first-order valence-corrected chi connectivity index (χ1v) is 22.6. The molecule has 0 saturated carbocycles. The van der Waals surface area contributed by atoms with Gasteiger partial charge >= 0.3 is 17.7 Å². The maximum absolute atomic E-state index is 15.3. The summed E-state index contributed by atoms with van der Waals surface area (Å²) in [5, 5.41) is 28.8. The number of carbonyl (C=O) groups excluding carboxylic acids is 6. The molecule has 3 aliphatic heterocycles. The van der Waals surface area contributed by atoms with Crippen LogP contribution in [0.5, 0.6) is 11.5 Å². The third kappa shape index (κ3) is 10.1. The van der Waals surface area contributed by atoms with Gasteiger partial charge in [-0.3, -0.25) is 24.0 Å². The first-order chi connectivity index (χ1) is 32.0. The number of aryl methyl sites for hydroxylation is 2. The second-order valence-electron chi connectivity index (χ2n) is 17.9. The number of rotatable bonds is 6. The van der Waals surface area contributed by atoms with Gasteiger partial charge in [0, 0.05) is 61.5 Å². The van der Waals surface area contributed by atoms with Crippen molar-refractivity contribution < 1.29 is 62.7 Å². The first kappa shape index (κ1) is 51.0. The van der Waals surface area contributed by atoms with Crippen molar-refractivity contribution in [1.82, 2.24) is 5.32 Å². The number of anilines is 1. The van der Waals surface area contributed by atoms with Gasteiger partial charge in [-0.1, -0.05) is 75.7 Å². The van der Waals surface area contributed by atoms with Gasteiger partial charge in [0.05, 0.1) is 51.9 Å². The Morgan fingerprint density at radius 2 is 1.51 bits per heavy atom. The number of allylic oxidation sites excluding steroid dienone is 4. The number of fused-ring (bicyclic) bond motifs is 14. The Labute approximate surface area is 400 Å². The lowest BCUT2D eigenvalue weighted by molar-refractivity contribution is -0.160. The monoisotopic (exact) mass is 952 g/mol. The number of amides is 1. The minimum absolute atomic E-state index is 0.0289. The Morgan fingerprint density at radius 1 is 0.853 bits per heavy atom. The van der Waals surface area contributed by atoms with Crippen LogP contribution in [0.3, 0.4) is 0 Å². The topological polar surface area (TPSA) is 213 Å². The molecule has 7 rings (SSSR count). The van der Waals surface area contributed by atoms with Crippen molar-refractivity contribution in [2.45, 2.75) is 99.4 Å². The number of ketones is 3.